The van der Waals surface area contributed by atoms with Crippen LogP contribution in [0.5, 0.6) is 5.75 Å². The van der Waals surface area contributed by atoms with Gasteiger partial charge in [-0.1, -0.05) is 12.1 Å². The molecule has 0 aliphatic rings. The Hall–Kier alpha value is -1.06. The van der Waals surface area contributed by atoms with E-state index in [0.29, 0.717) is 0 Å². The van der Waals surface area contributed by atoms with E-state index in [1.165, 1.54) is 5.56 Å². The minimum absolute atomic E-state index is 0.0563. The monoisotopic (exact) mass is 237 g/mol. The van der Waals surface area contributed by atoms with Crippen molar-refractivity contribution >= 4 is 0 Å². The third-order valence-corrected chi connectivity index (χ3v) is 3.30. The van der Waals surface area contributed by atoms with Crippen molar-refractivity contribution in [2.75, 3.05) is 14.2 Å². The molecule has 96 valence electrons. The maximum absolute atomic E-state index is 6.21. The van der Waals surface area contributed by atoms with Gasteiger partial charge in [0.15, 0.2) is 0 Å². The summed E-state index contributed by atoms with van der Waals surface area (Å²) in [4.78, 5) is 0. The van der Waals surface area contributed by atoms with Gasteiger partial charge in [0.1, 0.15) is 5.75 Å². The minimum atomic E-state index is -0.0563. The lowest BCUT2D eigenvalue weighted by atomic mass is 9.96. The van der Waals surface area contributed by atoms with Gasteiger partial charge in [0, 0.05) is 18.7 Å². The summed E-state index contributed by atoms with van der Waals surface area (Å²) in [7, 11) is 3.40. The molecule has 1 aromatic rings. The molecule has 0 bridgehead atoms. The lowest BCUT2D eigenvalue weighted by molar-refractivity contribution is 0.104. The molecule has 0 aliphatic carbocycles. The fourth-order valence-electron chi connectivity index (χ4n) is 1.95. The molecule has 2 unspecified atom stereocenters. The van der Waals surface area contributed by atoms with Gasteiger partial charge in [-0.15, -0.1) is 0 Å². The van der Waals surface area contributed by atoms with E-state index in [1.54, 1.807) is 14.2 Å². The van der Waals surface area contributed by atoms with Crippen molar-refractivity contribution in [3.05, 3.63) is 28.8 Å². The summed E-state index contributed by atoms with van der Waals surface area (Å²) < 4.78 is 10.7. The predicted octanol–water partition coefficient (Wildman–Crippen LogP) is 2.74. The highest BCUT2D eigenvalue weighted by atomic mass is 16.5. The molecular weight excluding hydrogens is 214 g/mol. The third-order valence-electron chi connectivity index (χ3n) is 3.30. The molecule has 0 radical (unpaired) electrons. The average Bonchev–Trinajstić information content (AvgIpc) is 2.31. The normalized spacial score (nSPS) is 14.5. The second kappa shape index (κ2) is 6.03. The molecule has 3 nitrogen and oxygen atoms in total. The topological polar surface area (TPSA) is 44.5 Å². The van der Waals surface area contributed by atoms with E-state index >= 15 is 0 Å². The summed E-state index contributed by atoms with van der Waals surface area (Å²) in [6.45, 7) is 6.16. The molecule has 0 spiro atoms. The first-order valence-electron chi connectivity index (χ1n) is 5.93. The molecule has 1 aromatic carbocycles. The van der Waals surface area contributed by atoms with Crippen LogP contribution in [0.25, 0.3) is 0 Å². The fourth-order valence-corrected chi connectivity index (χ4v) is 1.95. The van der Waals surface area contributed by atoms with Crippen LogP contribution in [0.1, 0.15) is 36.1 Å². The number of hydrogen-bond acceptors (Lipinski definition) is 3. The Bertz CT molecular complexity index is 377. The molecule has 0 fully saturated rings. The quantitative estimate of drug-likeness (QED) is 0.856. The van der Waals surface area contributed by atoms with Crippen molar-refractivity contribution in [3.8, 4) is 5.75 Å². The summed E-state index contributed by atoms with van der Waals surface area (Å²) >= 11 is 0. The molecule has 2 N–H and O–H groups in total. The van der Waals surface area contributed by atoms with Crippen LogP contribution in [0.2, 0.25) is 0 Å². The highest BCUT2D eigenvalue weighted by Gasteiger charge is 2.17. The smallest absolute Gasteiger partial charge is 0.126 e. The summed E-state index contributed by atoms with van der Waals surface area (Å²) in [6.07, 6.45) is 0.936. The van der Waals surface area contributed by atoms with Gasteiger partial charge in [0.25, 0.3) is 0 Å². The predicted molar refractivity (Wildman–Crippen MR) is 70.5 cm³/mol. The van der Waals surface area contributed by atoms with E-state index < -0.39 is 0 Å². The van der Waals surface area contributed by atoms with Gasteiger partial charge in [0.05, 0.1) is 13.2 Å². The van der Waals surface area contributed by atoms with Gasteiger partial charge < -0.3 is 15.2 Å². The molecule has 3 heteroatoms. The van der Waals surface area contributed by atoms with Crippen molar-refractivity contribution < 1.29 is 9.47 Å². The number of methoxy groups -OCH3 is 2. The Morgan fingerprint density at radius 2 is 1.88 bits per heavy atom. The Morgan fingerprint density at radius 3 is 2.41 bits per heavy atom. The van der Waals surface area contributed by atoms with E-state index in [9.17, 15) is 0 Å². The van der Waals surface area contributed by atoms with E-state index in [2.05, 4.69) is 19.9 Å². The molecule has 0 saturated heterocycles. The maximum Gasteiger partial charge on any atom is 0.126 e. The summed E-state index contributed by atoms with van der Waals surface area (Å²) in [5.41, 5.74) is 9.64. The fraction of sp³-hybridized carbons (Fsp3) is 0.571. The zero-order chi connectivity index (χ0) is 13.0. The maximum atomic E-state index is 6.21. The van der Waals surface area contributed by atoms with Crippen molar-refractivity contribution in [3.63, 3.8) is 0 Å². The average molecular weight is 237 g/mol. The van der Waals surface area contributed by atoms with E-state index in [0.717, 1.165) is 23.3 Å². The largest absolute Gasteiger partial charge is 0.496 e. The molecule has 0 aromatic heterocycles. The number of nitrogens with two attached hydrogens (primary N) is 1. The van der Waals surface area contributed by atoms with Crippen LogP contribution in [0.15, 0.2) is 12.1 Å². The van der Waals surface area contributed by atoms with Crippen LogP contribution in [-0.4, -0.2) is 20.3 Å². The van der Waals surface area contributed by atoms with Crippen molar-refractivity contribution in [1.82, 2.24) is 0 Å². The van der Waals surface area contributed by atoms with Gasteiger partial charge in [-0.3, -0.25) is 0 Å². The zero-order valence-electron chi connectivity index (χ0n) is 11.4. The minimum Gasteiger partial charge on any atom is -0.496 e. The number of aryl methyl sites for hydroxylation is 1. The lowest BCUT2D eigenvalue weighted by Crippen LogP contribution is -2.19. The Labute approximate surface area is 104 Å². The second-order valence-corrected chi connectivity index (χ2v) is 4.52. The molecule has 0 aliphatic heterocycles. The highest BCUT2D eigenvalue weighted by Crippen LogP contribution is 2.31. The molecule has 2 atom stereocenters. The van der Waals surface area contributed by atoms with Crippen molar-refractivity contribution in [2.24, 2.45) is 5.73 Å². The van der Waals surface area contributed by atoms with Crippen LogP contribution in [0, 0.1) is 13.8 Å². The Balaban J connectivity index is 3.01. The highest BCUT2D eigenvalue weighted by molar-refractivity contribution is 5.46. The number of benzene rings is 1. The first-order valence-corrected chi connectivity index (χ1v) is 5.93. The van der Waals surface area contributed by atoms with Gasteiger partial charge in [0.2, 0.25) is 0 Å². The number of hydrogen-bond donors (Lipinski definition) is 1. The van der Waals surface area contributed by atoms with Crippen molar-refractivity contribution in [1.29, 1.82) is 0 Å². The van der Waals surface area contributed by atoms with Crippen LogP contribution < -0.4 is 10.5 Å². The first kappa shape index (κ1) is 14.0. The van der Waals surface area contributed by atoms with Crippen LogP contribution in [0.4, 0.5) is 0 Å². The molecule has 17 heavy (non-hydrogen) atoms. The number of ether oxygens (including phenoxy) is 2. The Kier molecular flexibility index (Phi) is 4.97. The number of rotatable bonds is 5. The SMILES string of the molecule is COc1c(C(N)CC(C)OC)ccc(C)c1C. The summed E-state index contributed by atoms with van der Waals surface area (Å²) in [6, 6.07) is 4.08. The Morgan fingerprint density at radius 1 is 1.24 bits per heavy atom. The molecule has 1 rings (SSSR count). The molecule has 0 amide bonds. The zero-order valence-corrected chi connectivity index (χ0v) is 11.4. The molecule has 0 heterocycles. The van der Waals surface area contributed by atoms with Crippen LogP contribution in [-0.2, 0) is 4.74 Å². The lowest BCUT2D eigenvalue weighted by Gasteiger charge is -2.20. The van der Waals surface area contributed by atoms with E-state index in [4.69, 9.17) is 15.2 Å². The van der Waals surface area contributed by atoms with Gasteiger partial charge in [-0.2, -0.15) is 0 Å². The van der Waals surface area contributed by atoms with Crippen LogP contribution >= 0.6 is 0 Å². The summed E-state index contributed by atoms with van der Waals surface area (Å²) in [5.74, 6) is 0.904. The summed E-state index contributed by atoms with van der Waals surface area (Å²) in [5, 5.41) is 0. The standard InChI is InChI=1S/C14H23NO2/c1-9-6-7-12(14(17-5)11(9)3)13(15)8-10(2)16-4/h6-7,10,13H,8,15H2,1-5H3. The van der Waals surface area contributed by atoms with Gasteiger partial charge in [-0.25, -0.2) is 0 Å². The van der Waals surface area contributed by atoms with Crippen molar-refractivity contribution in [2.45, 2.75) is 39.3 Å². The van der Waals surface area contributed by atoms with E-state index in [1.807, 2.05) is 13.0 Å². The molecule has 0 saturated carbocycles. The third kappa shape index (κ3) is 3.20. The van der Waals surface area contributed by atoms with E-state index in [-0.39, 0.29) is 12.1 Å². The molecular formula is C14H23NO2. The van der Waals surface area contributed by atoms with Gasteiger partial charge in [-0.05, 0) is 38.3 Å². The van der Waals surface area contributed by atoms with Crippen LogP contribution in [0.3, 0.4) is 0 Å². The second-order valence-electron chi connectivity index (χ2n) is 4.52. The first-order chi connectivity index (χ1) is 8.01. The van der Waals surface area contributed by atoms with Gasteiger partial charge >= 0.3 is 0 Å².